The molecule has 0 aromatic heterocycles. The monoisotopic (exact) mass is 261 g/mol. The summed E-state index contributed by atoms with van der Waals surface area (Å²) >= 11 is 3.18. The van der Waals surface area contributed by atoms with Crippen LogP contribution >= 0.6 is 15.9 Å². The molecule has 0 atom stereocenters. The molecule has 0 aliphatic rings. The molecule has 0 spiro atoms. The lowest BCUT2D eigenvalue weighted by Gasteiger charge is -2.07. The summed E-state index contributed by atoms with van der Waals surface area (Å²) in [6.45, 7) is 4.12. The van der Waals surface area contributed by atoms with Crippen molar-refractivity contribution in [1.29, 1.82) is 0 Å². The van der Waals surface area contributed by atoms with Crippen molar-refractivity contribution in [3.8, 4) is 5.75 Å². The van der Waals surface area contributed by atoms with Crippen LogP contribution in [0, 0.1) is 5.82 Å². The first-order chi connectivity index (χ1) is 6.74. The van der Waals surface area contributed by atoms with Gasteiger partial charge in [0.05, 0.1) is 0 Å². The topological polar surface area (TPSA) is 21.3 Å². The molecule has 1 N–H and O–H groups in total. The smallest absolute Gasteiger partial charge is 0.166 e. The minimum absolute atomic E-state index is 0.297. The SMILES string of the molecule is CCNCCOc1ccc(Br)cc1F. The molecule has 1 rings (SSSR count). The van der Waals surface area contributed by atoms with Gasteiger partial charge in [-0.05, 0) is 24.7 Å². The molecule has 78 valence electrons. The van der Waals surface area contributed by atoms with Crippen LogP contribution in [0.2, 0.25) is 0 Å². The fraction of sp³-hybridized carbons (Fsp3) is 0.400. The van der Waals surface area contributed by atoms with Gasteiger partial charge >= 0.3 is 0 Å². The fourth-order valence-electron chi connectivity index (χ4n) is 1.00. The minimum atomic E-state index is -0.337. The molecule has 0 amide bonds. The second-order valence-electron chi connectivity index (χ2n) is 2.78. The molecule has 0 radical (unpaired) electrons. The Morgan fingerprint density at radius 3 is 2.93 bits per heavy atom. The molecule has 0 heterocycles. The van der Waals surface area contributed by atoms with Crippen molar-refractivity contribution in [1.82, 2.24) is 5.32 Å². The zero-order valence-electron chi connectivity index (χ0n) is 8.02. The van der Waals surface area contributed by atoms with E-state index in [-0.39, 0.29) is 5.82 Å². The Labute approximate surface area is 91.6 Å². The van der Waals surface area contributed by atoms with Crippen LogP contribution in [0.1, 0.15) is 6.92 Å². The lowest BCUT2D eigenvalue weighted by Crippen LogP contribution is -2.20. The second kappa shape index (κ2) is 5.98. The number of rotatable bonds is 5. The Bertz CT molecular complexity index is 293. The van der Waals surface area contributed by atoms with E-state index in [1.54, 1.807) is 12.1 Å². The average Bonchev–Trinajstić information content (AvgIpc) is 2.15. The number of ether oxygens (including phenoxy) is 1. The molecule has 14 heavy (non-hydrogen) atoms. The van der Waals surface area contributed by atoms with E-state index in [1.807, 2.05) is 6.92 Å². The quantitative estimate of drug-likeness (QED) is 0.823. The zero-order chi connectivity index (χ0) is 10.4. The van der Waals surface area contributed by atoms with E-state index in [2.05, 4.69) is 21.2 Å². The van der Waals surface area contributed by atoms with Crippen LogP contribution in [0.4, 0.5) is 4.39 Å². The van der Waals surface area contributed by atoms with Crippen LogP contribution in [0.5, 0.6) is 5.75 Å². The van der Waals surface area contributed by atoms with Gasteiger partial charge in [0, 0.05) is 11.0 Å². The maximum Gasteiger partial charge on any atom is 0.166 e. The Morgan fingerprint density at radius 2 is 2.29 bits per heavy atom. The summed E-state index contributed by atoms with van der Waals surface area (Å²) in [5.41, 5.74) is 0. The number of nitrogens with one attached hydrogen (secondary N) is 1. The maximum absolute atomic E-state index is 13.2. The van der Waals surface area contributed by atoms with Crippen LogP contribution in [-0.4, -0.2) is 19.7 Å². The fourth-order valence-corrected chi connectivity index (χ4v) is 1.34. The molecule has 2 nitrogen and oxygen atoms in total. The summed E-state index contributed by atoms with van der Waals surface area (Å²) in [5.74, 6) is -0.0398. The van der Waals surface area contributed by atoms with E-state index in [0.717, 1.165) is 13.1 Å². The largest absolute Gasteiger partial charge is 0.489 e. The van der Waals surface area contributed by atoms with Gasteiger partial charge in [-0.15, -0.1) is 0 Å². The predicted octanol–water partition coefficient (Wildman–Crippen LogP) is 2.58. The summed E-state index contributed by atoms with van der Waals surface area (Å²) in [4.78, 5) is 0. The highest BCUT2D eigenvalue weighted by Gasteiger charge is 2.02. The van der Waals surface area contributed by atoms with Crippen molar-refractivity contribution in [2.75, 3.05) is 19.7 Å². The lowest BCUT2D eigenvalue weighted by atomic mass is 10.3. The molecular weight excluding hydrogens is 249 g/mol. The molecule has 0 aliphatic heterocycles. The van der Waals surface area contributed by atoms with Crippen molar-refractivity contribution in [3.05, 3.63) is 28.5 Å². The average molecular weight is 262 g/mol. The molecule has 0 aliphatic carbocycles. The van der Waals surface area contributed by atoms with Gasteiger partial charge in [-0.2, -0.15) is 0 Å². The third-order valence-corrected chi connectivity index (χ3v) is 2.17. The lowest BCUT2D eigenvalue weighted by molar-refractivity contribution is 0.300. The van der Waals surface area contributed by atoms with E-state index >= 15 is 0 Å². The van der Waals surface area contributed by atoms with Crippen molar-refractivity contribution < 1.29 is 9.13 Å². The molecule has 1 aromatic carbocycles. The van der Waals surface area contributed by atoms with Crippen LogP contribution in [0.3, 0.4) is 0 Å². The van der Waals surface area contributed by atoms with Gasteiger partial charge in [0.15, 0.2) is 11.6 Å². The highest BCUT2D eigenvalue weighted by molar-refractivity contribution is 9.10. The normalized spacial score (nSPS) is 10.2. The van der Waals surface area contributed by atoms with Crippen LogP contribution in [0.25, 0.3) is 0 Å². The first kappa shape index (κ1) is 11.5. The van der Waals surface area contributed by atoms with Crippen molar-refractivity contribution in [2.45, 2.75) is 6.92 Å². The van der Waals surface area contributed by atoms with Gasteiger partial charge in [0.25, 0.3) is 0 Å². The minimum Gasteiger partial charge on any atom is -0.489 e. The van der Waals surface area contributed by atoms with E-state index < -0.39 is 0 Å². The third kappa shape index (κ3) is 3.64. The van der Waals surface area contributed by atoms with Gasteiger partial charge in [0.2, 0.25) is 0 Å². The summed E-state index contributed by atoms with van der Waals surface area (Å²) < 4.78 is 19.1. The van der Waals surface area contributed by atoms with Crippen molar-refractivity contribution in [3.63, 3.8) is 0 Å². The van der Waals surface area contributed by atoms with Crippen molar-refractivity contribution >= 4 is 15.9 Å². The first-order valence-electron chi connectivity index (χ1n) is 4.52. The summed E-state index contributed by atoms with van der Waals surface area (Å²) in [5, 5.41) is 3.09. The molecule has 0 saturated carbocycles. The summed E-state index contributed by atoms with van der Waals surface area (Å²) in [7, 11) is 0. The highest BCUT2D eigenvalue weighted by atomic mass is 79.9. The third-order valence-electron chi connectivity index (χ3n) is 1.68. The van der Waals surface area contributed by atoms with Crippen LogP contribution < -0.4 is 10.1 Å². The summed E-state index contributed by atoms with van der Waals surface area (Å²) in [6, 6.07) is 4.76. The molecular formula is C10H13BrFNO. The number of likely N-dealkylation sites (N-methyl/N-ethyl adjacent to an activating group) is 1. The Kier molecular flexibility index (Phi) is 4.90. The van der Waals surface area contributed by atoms with E-state index in [0.29, 0.717) is 16.8 Å². The maximum atomic E-state index is 13.2. The number of hydrogen-bond acceptors (Lipinski definition) is 2. The van der Waals surface area contributed by atoms with Crippen LogP contribution in [-0.2, 0) is 0 Å². The molecule has 0 bridgehead atoms. The predicted molar refractivity (Wildman–Crippen MR) is 58.1 cm³/mol. The first-order valence-corrected chi connectivity index (χ1v) is 5.32. The standard InChI is InChI=1S/C10H13BrFNO/c1-2-13-5-6-14-10-4-3-8(11)7-9(10)12/h3-4,7,13H,2,5-6H2,1H3. The molecule has 0 saturated heterocycles. The molecule has 1 aromatic rings. The van der Waals surface area contributed by atoms with Gasteiger partial charge in [-0.3, -0.25) is 0 Å². The van der Waals surface area contributed by atoms with Gasteiger partial charge < -0.3 is 10.1 Å². The van der Waals surface area contributed by atoms with Gasteiger partial charge in [-0.25, -0.2) is 4.39 Å². The van der Waals surface area contributed by atoms with Crippen LogP contribution in [0.15, 0.2) is 22.7 Å². The number of hydrogen-bond donors (Lipinski definition) is 1. The highest BCUT2D eigenvalue weighted by Crippen LogP contribution is 2.20. The van der Waals surface area contributed by atoms with E-state index in [1.165, 1.54) is 6.07 Å². The Hall–Kier alpha value is -0.610. The van der Waals surface area contributed by atoms with E-state index in [4.69, 9.17) is 4.74 Å². The van der Waals surface area contributed by atoms with Crippen molar-refractivity contribution in [2.24, 2.45) is 0 Å². The van der Waals surface area contributed by atoms with Gasteiger partial charge in [-0.1, -0.05) is 22.9 Å². The van der Waals surface area contributed by atoms with Gasteiger partial charge in [0.1, 0.15) is 6.61 Å². The Balaban J connectivity index is 2.42. The zero-order valence-corrected chi connectivity index (χ0v) is 9.60. The molecule has 4 heteroatoms. The summed E-state index contributed by atoms with van der Waals surface area (Å²) in [6.07, 6.45) is 0. The van der Waals surface area contributed by atoms with E-state index in [9.17, 15) is 4.39 Å². The molecule has 0 unspecified atom stereocenters. The number of halogens is 2. The number of benzene rings is 1. The Morgan fingerprint density at radius 1 is 1.50 bits per heavy atom. The second-order valence-corrected chi connectivity index (χ2v) is 3.69. The molecule has 0 fully saturated rings.